The van der Waals surface area contributed by atoms with Crippen LogP contribution in [0.2, 0.25) is 0 Å². The molecule has 0 fully saturated rings. The van der Waals surface area contributed by atoms with E-state index < -0.39 is 53.9 Å². The van der Waals surface area contributed by atoms with Gasteiger partial charge in [0.1, 0.15) is 18.3 Å². The van der Waals surface area contributed by atoms with Crippen LogP contribution >= 0.6 is 0 Å². The van der Waals surface area contributed by atoms with Crippen LogP contribution in [0, 0.1) is 0 Å². The van der Waals surface area contributed by atoms with Crippen molar-refractivity contribution in [3.05, 3.63) is 64.1 Å². The molecule has 0 aliphatic heterocycles. The van der Waals surface area contributed by atoms with Gasteiger partial charge in [-0.2, -0.15) is 5.10 Å². The largest absolute Gasteiger partial charge is 0.460 e. The standard InChI is InChI=1S/C24H30FN3O5/c1-5-17(18-11-12-26-28(23(18)32)15-16-9-7-6-8-10-16)22(31)27-19(20(29)14-25)13-21(30)33-24(2,3)4/h6-12,17,19H,5,13-15H2,1-4H3,(H,27,31). The number of carbonyl (C=O) groups is 3. The Labute approximate surface area is 192 Å². The number of carbonyl (C=O) groups excluding carboxylic acids is 3. The smallest absolute Gasteiger partial charge is 0.308 e. The summed E-state index contributed by atoms with van der Waals surface area (Å²) in [5.41, 5.74) is -0.168. The summed E-state index contributed by atoms with van der Waals surface area (Å²) in [7, 11) is 0. The second-order valence-corrected chi connectivity index (χ2v) is 8.65. The molecule has 1 heterocycles. The van der Waals surface area contributed by atoms with Gasteiger partial charge in [0.05, 0.1) is 18.9 Å². The molecule has 1 amide bonds. The molecule has 2 aromatic rings. The van der Waals surface area contributed by atoms with Gasteiger partial charge < -0.3 is 10.1 Å². The lowest BCUT2D eigenvalue weighted by molar-refractivity contribution is -0.156. The van der Waals surface area contributed by atoms with Gasteiger partial charge in [0, 0.05) is 11.8 Å². The summed E-state index contributed by atoms with van der Waals surface area (Å²) >= 11 is 0. The fourth-order valence-electron chi connectivity index (χ4n) is 3.31. The molecular formula is C24H30FN3O5. The summed E-state index contributed by atoms with van der Waals surface area (Å²) in [6.07, 6.45) is 1.18. The van der Waals surface area contributed by atoms with Gasteiger partial charge in [-0.25, -0.2) is 9.07 Å². The Balaban J connectivity index is 2.23. The highest BCUT2D eigenvalue weighted by Gasteiger charge is 2.30. The number of aromatic nitrogens is 2. The molecule has 9 heteroatoms. The first-order chi connectivity index (χ1) is 15.6. The van der Waals surface area contributed by atoms with Crippen molar-refractivity contribution in [2.24, 2.45) is 0 Å². The first-order valence-corrected chi connectivity index (χ1v) is 10.8. The molecule has 1 aromatic heterocycles. The molecule has 0 saturated heterocycles. The monoisotopic (exact) mass is 459 g/mol. The number of Topliss-reactive ketones (excluding diaryl/α,β-unsaturated/α-hetero) is 1. The van der Waals surface area contributed by atoms with Gasteiger partial charge in [-0.15, -0.1) is 0 Å². The van der Waals surface area contributed by atoms with E-state index in [9.17, 15) is 23.6 Å². The third-order valence-electron chi connectivity index (χ3n) is 4.84. The van der Waals surface area contributed by atoms with Crippen molar-refractivity contribution >= 4 is 17.7 Å². The number of nitrogens with one attached hydrogen (secondary N) is 1. The molecule has 33 heavy (non-hydrogen) atoms. The first-order valence-electron chi connectivity index (χ1n) is 10.8. The highest BCUT2D eigenvalue weighted by Crippen LogP contribution is 2.17. The number of alkyl halides is 1. The van der Waals surface area contributed by atoms with Gasteiger partial charge in [0.15, 0.2) is 5.78 Å². The minimum absolute atomic E-state index is 0.199. The number of halogens is 1. The van der Waals surface area contributed by atoms with E-state index in [-0.39, 0.29) is 18.5 Å². The Morgan fingerprint density at radius 2 is 1.82 bits per heavy atom. The molecule has 1 N–H and O–H groups in total. The lowest BCUT2D eigenvalue weighted by Gasteiger charge is -2.23. The summed E-state index contributed by atoms with van der Waals surface area (Å²) in [4.78, 5) is 50.2. The molecule has 2 rings (SSSR count). The zero-order valence-electron chi connectivity index (χ0n) is 19.3. The van der Waals surface area contributed by atoms with E-state index in [1.54, 1.807) is 27.7 Å². The van der Waals surface area contributed by atoms with Gasteiger partial charge in [0.25, 0.3) is 5.56 Å². The van der Waals surface area contributed by atoms with Crippen molar-refractivity contribution in [3.63, 3.8) is 0 Å². The van der Waals surface area contributed by atoms with Crippen LogP contribution < -0.4 is 10.9 Å². The molecule has 0 spiro atoms. The number of benzene rings is 1. The zero-order valence-corrected chi connectivity index (χ0v) is 19.3. The Morgan fingerprint density at radius 3 is 2.39 bits per heavy atom. The van der Waals surface area contributed by atoms with Crippen LogP contribution in [0.1, 0.15) is 57.6 Å². The summed E-state index contributed by atoms with van der Waals surface area (Å²) < 4.78 is 19.5. The van der Waals surface area contributed by atoms with Gasteiger partial charge in [-0.3, -0.25) is 19.2 Å². The topological polar surface area (TPSA) is 107 Å². The average Bonchev–Trinajstić information content (AvgIpc) is 2.75. The number of ether oxygens (including phenoxy) is 1. The van der Waals surface area contributed by atoms with Crippen molar-refractivity contribution in [2.75, 3.05) is 6.67 Å². The van der Waals surface area contributed by atoms with Crippen LogP contribution in [-0.4, -0.2) is 45.8 Å². The number of rotatable bonds is 10. The first kappa shape index (κ1) is 25.9. The average molecular weight is 460 g/mol. The second kappa shape index (κ2) is 11.5. The third-order valence-corrected chi connectivity index (χ3v) is 4.84. The Bertz CT molecular complexity index is 1030. The fourth-order valence-corrected chi connectivity index (χ4v) is 3.31. The van der Waals surface area contributed by atoms with E-state index in [0.29, 0.717) is 0 Å². The highest BCUT2D eigenvalue weighted by molar-refractivity contribution is 5.94. The maximum absolute atomic E-state index is 13.1. The maximum Gasteiger partial charge on any atom is 0.308 e. The minimum Gasteiger partial charge on any atom is -0.460 e. The van der Waals surface area contributed by atoms with E-state index in [4.69, 9.17) is 4.74 Å². The van der Waals surface area contributed by atoms with Crippen LogP contribution in [0.4, 0.5) is 4.39 Å². The van der Waals surface area contributed by atoms with Crippen molar-refractivity contribution in [2.45, 2.75) is 64.6 Å². The number of nitrogens with zero attached hydrogens (tertiary/aromatic N) is 2. The Hall–Kier alpha value is -3.36. The zero-order chi connectivity index (χ0) is 24.6. The van der Waals surface area contributed by atoms with Gasteiger partial charge >= 0.3 is 5.97 Å². The number of amides is 1. The molecule has 0 aliphatic rings. The van der Waals surface area contributed by atoms with E-state index in [0.717, 1.165) is 5.56 Å². The maximum atomic E-state index is 13.1. The van der Waals surface area contributed by atoms with Crippen molar-refractivity contribution in [3.8, 4) is 0 Å². The molecule has 2 atom stereocenters. The summed E-state index contributed by atoms with van der Waals surface area (Å²) in [5.74, 6) is -3.24. The van der Waals surface area contributed by atoms with Gasteiger partial charge in [-0.1, -0.05) is 37.3 Å². The molecule has 178 valence electrons. The van der Waals surface area contributed by atoms with Crippen molar-refractivity contribution in [1.82, 2.24) is 15.1 Å². The summed E-state index contributed by atoms with van der Waals surface area (Å²) in [6, 6.07) is 9.33. The Morgan fingerprint density at radius 1 is 1.15 bits per heavy atom. The normalized spacial score (nSPS) is 13.1. The molecule has 8 nitrogen and oxygen atoms in total. The lowest BCUT2D eigenvalue weighted by Crippen LogP contribution is -2.46. The third kappa shape index (κ3) is 7.62. The van der Waals surface area contributed by atoms with Crippen molar-refractivity contribution in [1.29, 1.82) is 0 Å². The van der Waals surface area contributed by atoms with E-state index in [1.165, 1.54) is 16.9 Å². The highest BCUT2D eigenvalue weighted by atomic mass is 19.1. The van der Waals surface area contributed by atoms with Gasteiger partial charge in [0.2, 0.25) is 5.91 Å². The van der Waals surface area contributed by atoms with Crippen molar-refractivity contribution < 1.29 is 23.5 Å². The second-order valence-electron chi connectivity index (χ2n) is 8.65. The van der Waals surface area contributed by atoms with Crippen LogP contribution in [0.25, 0.3) is 0 Å². The Kier molecular flexibility index (Phi) is 9.02. The molecule has 0 bridgehead atoms. The van der Waals surface area contributed by atoms with Crippen LogP contribution in [0.3, 0.4) is 0 Å². The molecular weight excluding hydrogens is 429 g/mol. The lowest BCUT2D eigenvalue weighted by atomic mass is 9.96. The summed E-state index contributed by atoms with van der Waals surface area (Å²) in [5, 5.41) is 6.53. The predicted octanol–water partition coefficient (Wildman–Crippen LogP) is 2.54. The molecule has 0 aliphatic carbocycles. The number of esters is 1. The fraction of sp³-hybridized carbons (Fsp3) is 0.458. The van der Waals surface area contributed by atoms with E-state index in [1.807, 2.05) is 30.3 Å². The predicted molar refractivity (Wildman–Crippen MR) is 120 cm³/mol. The quantitative estimate of drug-likeness (QED) is 0.547. The number of hydrogen-bond acceptors (Lipinski definition) is 6. The van der Waals surface area contributed by atoms with Gasteiger partial charge in [-0.05, 0) is 38.8 Å². The van der Waals surface area contributed by atoms with E-state index in [2.05, 4.69) is 10.4 Å². The molecule has 0 saturated carbocycles. The number of ketones is 1. The van der Waals surface area contributed by atoms with Crippen LogP contribution in [0.5, 0.6) is 0 Å². The molecule has 2 unspecified atom stereocenters. The SMILES string of the molecule is CCC(C(=O)NC(CC(=O)OC(C)(C)C)C(=O)CF)c1ccnn(Cc2ccccc2)c1=O. The number of hydrogen-bond donors (Lipinski definition) is 1. The molecule has 1 aromatic carbocycles. The summed E-state index contributed by atoms with van der Waals surface area (Å²) in [6.45, 7) is 5.58. The van der Waals surface area contributed by atoms with Crippen LogP contribution in [-0.2, 0) is 25.7 Å². The van der Waals surface area contributed by atoms with E-state index >= 15 is 0 Å². The minimum atomic E-state index is -1.39. The molecule has 0 radical (unpaired) electrons. The van der Waals surface area contributed by atoms with Crippen LogP contribution in [0.15, 0.2) is 47.4 Å².